The molecule has 0 spiro atoms. The second-order valence-corrected chi connectivity index (χ2v) is 5.92. The summed E-state index contributed by atoms with van der Waals surface area (Å²) in [4.78, 5) is 21.2. The Morgan fingerprint density at radius 3 is 2.05 bits per heavy atom. The van der Waals surface area contributed by atoms with Crippen molar-refractivity contribution in [3.8, 4) is 0 Å². The molecular weight excluding hydrogens is 264 g/mol. The second-order valence-electron chi connectivity index (χ2n) is 5.92. The van der Waals surface area contributed by atoms with Crippen molar-refractivity contribution in [1.29, 1.82) is 0 Å². The Kier molecular flexibility index (Phi) is 13.1. The first-order valence-electron chi connectivity index (χ1n) is 8.32. The van der Waals surface area contributed by atoms with E-state index in [9.17, 15) is 9.59 Å². The molecule has 3 nitrogen and oxygen atoms in total. The van der Waals surface area contributed by atoms with E-state index in [4.69, 9.17) is 4.74 Å². The summed E-state index contributed by atoms with van der Waals surface area (Å²) >= 11 is 0. The Hall–Kier alpha value is -1.12. The average Bonchev–Trinajstić information content (AvgIpc) is 2.45. The van der Waals surface area contributed by atoms with Gasteiger partial charge < -0.3 is 14.3 Å². The zero-order valence-electron chi connectivity index (χ0n) is 14.0. The SMILES string of the molecule is CCCCCCCCC(OCC(CC=O)CC=O)=C(C)C. The Labute approximate surface area is 130 Å². The van der Waals surface area contributed by atoms with Crippen LogP contribution in [0.15, 0.2) is 11.3 Å². The third-order valence-corrected chi connectivity index (χ3v) is 3.67. The third kappa shape index (κ3) is 11.2. The molecule has 0 N–H and O–H groups in total. The predicted octanol–water partition coefficient (Wildman–Crippen LogP) is 4.84. The molecule has 122 valence electrons. The number of hydrogen-bond acceptors (Lipinski definition) is 3. The molecule has 0 aromatic carbocycles. The fourth-order valence-electron chi connectivity index (χ4n) is 2.26. The van der Waals surface area contributed by atoms with Crippen molar-refractivity contribution in [3.63, 3.8) is 0 Å². The summed E-state index contributed by atoms with van der Waals surface area (Å²) < 4.78 is 5.86. The third-order valence-electron chi connectivity index (χ3n) is 3.67. The molecule has 3 heteroatoms. The molecule has 21 heavy (non-hydrogen) atoms. The van der Waals surface area contributed by atoms with Crippen molar-refractivity contribution < 1.29 is 14.3 Å². The molecule has 0 radical (unpaired) electrons. The number of carbonyl (C=O) groups excluding carboxylic acids is 2. The number of hydrogen-bond donors (Lipinski definition) is 0. The maximum atomic E-state index is 10.6. The van der Waals surface area contributed by atoms with Gasteiger partial charge in [-0.05, 0) is 25.8 Å². The van der Waals surface area contributed by atoms with Crippen molar-refractivity contribution in [2.45, 2.75) is 78.6 Å². The second kappa shape index (κ2) is 13.8. The Balaban J connectivity index is 4.05. The Bertz CT molecular complexity index is 294. The van der Waals surface area contributed by atoms with E-state index in [1.807, 2.05) is 0 Å². The molecule has 0 aliphatic heterocycles. The van der Waals surface area contributed by atoms with Crippen LogP contribution < -0.4 is 0 Å². The number of rotatable bonds is 14. The highest BCUT2D eigenvalue weighted by molar-refractivity contribution is 5.54. The molecule has 0 fully saturated rings. The lowest BCUT2D eigenvalue weighted by atomic mass is 10.0. The van der Waals surface area contributed by atoms with E-state index in [-0.39, 0.29) is 5.92 Å². The molecule has 0 rings (SSSR count). The molecule has 0 unspecified atom stereocenters. The van der Waals surface area contributed by atoms with Crippen LogP contribution in [0.5, 0.6) is 0 Å². The van der Waals surface area contributed by atoms with Gasteiger partial charge in [0.1, 0.15) is 12.6 Å². The first-order valence-corrected chi connectivity index (χ1v) is 8.32. The molecule has 0 aliphatic carbocycles. The van der Waals surface area contributed by atoms with Gasteiger partial charge in [-0.2, -0.15) is 0 Å². The van der Waals surface area contributed by atoms with Gasteiger partial charge in [-0.1, -0.05) is 39.0 Å². The molecule has 0 heterocycles. The molecule has 0 aliphatic rings. The van der Waals surface area contributed by atoms with Crippen molar-refractivity contribution in [3.05, 3.63) is 11.3 Å². The minimum Gasteiger partial charge on any atom is -0.498 e. The topological polar surface area (TPSA) is 43.4 Å². The van der Waals surface area contributed by atoms with Crippen molar-refractivity contribution in [2.75, 3.05) is 6.61 Å². The summed E-state index contributed by atoms with van der Waals surface area (Å²) in [6.45, 7) is 6.81. The molecule has 0 aromatic rings. The van der Waals surface area contributed by atoms with E-state index in [1.54, 1.807) is 0 Å². The normalized spacial score (nSPS) is 10.5. The van der Waals surface area contributed by atoms with Gasteiger partial charge >= 0.3 is 0 Å². The monoisotopic (exact) mass is 296 g/mol. The molecule has 0 amide bonds. The van der Waals surface area contributed by atoms with Gasteiger partial charge in [0, 0.05) is 25.2 Å². The van der Waals surface area contributed by atoms with Crippen LogP contribution in [0, 0.1) is 5.92 Å². The molecule has 0 saturated heterocycles. The van der Waals surface area contributed by atoms with Crippen LogP contribution in [0.3, 0.4) is 0 Å². The van der Waals surface area contributed by atoms with Crippen LogP contribution in [0.2, 0.25) is 0 Å². The minimum absolute atomic E-state index is 0.0129. The number of carbonyl (C=O) groups is 2. The van der Waals surface area contributed by atoms with Crippen LogP contribution in [-0.4, -0.2) is 19.2 Å². The summed E-state index contributed by atoms with van der Waals surface area (Å²) in [5.41, 5.74) is 1.19. The standard InChI is InChI=1S/C18H32O3/c1-4-5-6-7-8-9-10-18(16(2)3)21-15-17(11-13-19)12-14-20/h13-14,17H,4-12,15H2,1-3H3. The molecule has 0 saturated carbocycles. The van der Waals surface area contributed by atoms with Gasteiger partial charge in [-0.15, -0.1) is 0 Å². The lowest BCUT2D eigenvalue weighted by molar-refractivity contribution is -0.110. The lowest BCUT2D eigenvalue weighted by Gasteiger charge is -2.17. The molecular formula is C18H32O3. The van der Waals surface area contributed by atoms with E-state index < -0.39 is 0 Å². The zero-order chi connectivity index (χ0) is 15.9. The van der Waals surface area contributed by atoms with Crippen LogP contribution >= 0.6 is 0 Å². The molecule has 0 aromatic heterocycles. The molecule has 0 bridgehead atoms. The first kappa shape index (κ1) is 19.9. The van der Waals surface area contributed by atoms with Gasteiger partial charge in [0.15, 0.2) is 0 Å². The highest BCUT2D eigenvalue weighted by Crippen LogP contribution is 2.18. The van der Waals surface area contributed by atoms with Crippen molar-refractivity contribution in [1.82, 2.24) is 0 Å². The van der Waals surface area contributed by atoms with Gasteiger partial charge in [-0.25, -0.2) is 0 Å². The summed E-state index contributed by atoms with van der Waals surface area (Å²) in [5, 5.41) is 0. The average molecular weight is 296 g/mol. The van der Waals surface area contributed by atoms with Gasteiger partial charge in [0.2, 0.25) is 0 Å². The van der Waals surface area contributed by atoms with Crippen molar-refractivity contribution in [2.24, 2.45) is 5.92 Å². The van der Waals surface area contributed by atoms with E-state index in [1.165, 1.54) is 37.7 Å². The van der Waals surface area contributed by atoms with Crippen LogP contribution in [0.4, 0.5) is 0 Å². The van der Waals surface area contributed by atoms with Crippen LogP contribution in [-0.2, 0) is 14.3 Å². The number of ether oxygens (including phenoxy) is 1. The number of unbranched alkanes of at least 4 members (excludes halogenated alkanes) is 5. The quantitative estimate of drug-likeness (QED) is 0.262. The predicted molar refractivity (Wildman–Crippen MR) is 87.2 cm³/mol. The zero-order valence-corrected chi connectivity index (χ0v) is 14.0. The number of aldehydes is 2. The maximum absolute atomic E-state index is 10.6. The number of allylic oxidation sites excluding steroid dienone is 2. The lowest BCUT2D eigenvalue weighted by Crippen LogP contribution is -2.11. The minimum atomic E-state index is 0.0129. The largest absolute Gasteiger partial charge is 0.498 e. The maximum Gasteiger partial charge on any atom is 0.120 e. The van der Waals surface area contributed by atoms with Gasteiger partial charge in [0.25, 0.3) is 0 Å². The highest BCUT2D eigenvalue weighted by atomic mass is 16.5. The van der Waals surface area contributed by atoms with Crippen LogP contribution in [0.1, 0.15) is 78.6 Å². The first-order chi connectivity index (χ1) is 10.2. The highest BCUT2D eigenvalue weighted by Gasteiger charge is 2.10. The summed E-state index contributed by atoms with van der Waals surface area (Å²) in [6.07, 6.45) is 11.1. The van der Waals surface area contributed by atoms with E-state index in [0.29, 0.717) is 19.4 Å². The summed E-state index contributed by atoms with van der Waals surface area (Å²) in [6, 6.07) is 0. The fraction of sp³-hybridized carbons (Fsp3) is 0.778. The Morgan fingerprint density at radius 2 is 1.52 bits per heavy atom. The Morgan fingerprint density at radius 1 is 0.952 bits per heavy atom. The van der Waals surface area contributed by atoms with Crippen molar-refractivity contribution >= 4 is 12.6 Å². The van der Waals surface area contributed by atoms with Crippen LogP contribution in [0.25, 0.3) is 0 Å². The molecule has 0 atom stereocenters. The summed E-state index contributed by atoms with van der Waals surface area (Å²) in [5.74, 6) is 1.05. The van der Waals surface area contributed by atoms with E-state index in [0.717, 1.165) is 31.2 Å². The van der Waals surface area contributed by atoms with E-state index in [2.05, 4.69) is 20.8 Å². The summed E-state index contributed by atoms with van der Waals surface area (Å²) in [7, 11) is 0. The van der Waals surface area contributed by atoms with Gasteiger partial charge in [-0.3, -0.25) is 0 Å². The van der Waals surface area contributed by atoms with Gasteiger partial charge in [0.05, 0.1) is 12.4 Å². The smallest absolute Gasteiger partial charge is 0.120 e. The fourth-order valence-corrected chi connectivity index (χ4v) is 2.26. The van der Waals surface area contributed by atoms with E-state index >= 15 is 0 Å².